The first-order valence-corrected chi connectivity index (χ1v) is 24.3. The second-order valence-corrected chi connectivity index (χ2v) is 22.0. The molecule has 0 aliphatic rings. The number of hydrogen-bond acceptors (Lipinski definition) is 0. The molecule has 0 spiro atoms. The maximum Gasteiger partial charge on any atom is -0.0370 e. The molecule has 0 amide bonds. The summed E-state index contributed by atoms with van der Waals surface area (Å²) in [6.45, 7) is 13.8. The summed E-state index contributed by atoms with van der Waals surface area (Å²) >= 11 is -0.306. The van der Waals surface area contributed by atoms with E-state index in [1.807, 2.05) is 0 Å². The third-order valence-corrected chi connectivity index (χ3v) is 5.48. The van der Waals surface area contributed by atoms with E-state index in [9.17, 15) is 0 Å². The predicted molar refractivity (Wildman–Crippen MR) is 143 cm³/mol. The van der Waals surface area contributed by atoms with E-state index in [1.165, 1.54) is 33.2 Å². The molecule has 0 aliphatic carbocycles. The minimum atomic E-state index is -0.862. The van der Waals surface area contributed by atoms with Crippen LogP contribution < -0.4 is 24.8 Å². The van der Waals surface area contributed by atoms with Crippen LogP contribution in [0.15, 0.2) is 78.9 Å². The third-order valence-electron chi connectivity index (χ3n) is 4.01. The molecule has 0 N–H and O–H groups in total. The van der Waals surface area contributed by atoms with E-state index in [1.54, 1.807) is 0 Å². The quantitative estimate of drug-likeness (QED) is 0.223. The van der Waals surface area contributed by atoms with Crippen molar-refractivity contribution < 1.29 is 45.0 Å². The zero-order valence-electron chi connectivity index (χ0n) is 20.5. The van der Waals surface area contributed by atoms with E-state index in [2.05, 4.69) is 112 Å². The molecular formula is C26H36Cl2HfSi3-8. The minimum absolute atomic E-state index is 0. The Kier molecular flexibility index (Phi) is 27.9. The Morgan fingerprint density at radius 3 is 1.91 bits per heavy atom. The Hall–Kier alpha value is -0.239. The molecular weight excluding hydrogens is 646 g/mol. The van der Waals surface area contributed by atoms with Gasteiger partial charge in [0, 0.05) is 8.07 Å². The van der Waals surface area contributed by atoms with Crippen molar-refractivity contribution in [3.8, 4) is 0 Å². The van der Waals surface area contributed by atoms with Crippen molar-refractivity contribution >= 4 is 43.5 Å². The summed E-state index contributed by atoms with van der Waals surface area (Å²) < 4.78 is 0. The van der Waals surface area contributed by atoms with Crippen molar-refractivity contribution in [3.63, 3.8) is 0 Å². The maximum atomic E-state index is 3.29. The van der Waals surface area contributed by atoms with Gasteiger partial charge in [0.2, 0.25) is 0 Å². The fourth-order valence-corrected chi connectivity index (χ4v) is 4.50. The molecule has 4 rings (SSSR count). The molecule has 0 fully saturated rings. The van der Waals surface area contributed by atoms with Gasteiger partial charge in [-0.15, -0.1) is 22.9 Å². The zero-order chi connectivity index (χ0) is 19.0. The summed E-state index contributed by atoms with van der Waals surface area (Å²) in [4.78, 5) is 0. The molecule has 0 saturated heterocycles. The van der Waals surface area contributed by atoms with Gasteiger partial charge in [0.05, 0.1) is 0 Å². The van der Waals surface area contributed by atoms with E-state index in [0.29, 0.717) is 0 Å². The van der Waals surface area contributed by atoms with Crippen LogP contribution >= 0.6 is 0 Å². The first kappa shape index (κ1) is 42.0. The molecule has 6 heteroatoms. The number of hydrogen-bond donors (Lipinski definition) is 0. The van der Waals surface area contributed by atoms with Crippen molar-refractivity contribution in [2.75, 3.05) is 0 Å². The van der Waals surface area contributed by atoms with E-state index in [0.717, 1.165) is 0 Å². The van der Waals surface area contributed by atoms with Gasteiger partial charge in [-0.25, -0.2) is 11.6 Å². The van der Waals surface area contributed by atoms with Crippen LogP contribution in [0.5, 0.6) is 0 Å². The number of rotatable bonds is 2. The van der Waals surface area contributed by atoms with Crippen molar-refractivity contribution in [2.24, 2.45) is 0 Å². The second kappa shape index (κ2) is 21.3. The number of fused-ring (bicyclic) bond motifs is 3. The summed E-state index contributed by atoms with van der Waals surface area (Å²) in [5.74, 6) is 0. The minimum Gasteiger partial charge on any atom is -0.168 e. The Morgan fingerprint density at radius 1 is 0.781 bits per heavy atom. The van der Waals surface area contributed by atoms with Crippen LogP contribution in [-0.4, -0.2) is 22.0 Å². The summed E-state index contributed by atoms with van der Waals surface area (Å²) in [5, 5.41) is 5.36. The third kappa shape index (κ3) is 14.1. The number of halogens is 2. The molecule has 0 saturated carbocycles. The molecule has 4 radical (unpaired) electrons. The maximum absolute atomic E-state index is 3.29. The molecule has 0 atom stereocenters. The molecule has 0 heterocycles. The van der Waals surface area contributed by atoms with Crippen LogP contribution in [0.3, 0.4) is 0 Å². The van der Waals surface area contributed by atoms with Crippen molar-refractivity contribution in [3.05, 3.63) is 114 Å². The van der Waals surface area contributed by atoms with Crippen molar-refractivity contribution in [1.29, 1.82) is 0 Å². The van der Waals surface area contributed by atoms with Crippen LogP contribution in [0.4, 0.5) is 0 Å². The molecule has 0 bridgehead atoms. The predicted octanol–water partition coefficient (Wildman–Crippen LogP) is 1.58. The van der Waals surface area contributed by atoms with Gasteiger partial charge in [-0.2, -0.15) is 30.3 Å². The van der Waals surface area contributed by atoms with Crippen LogP contribution in [0.2, 0.25) is 19.6 Å². The summed E-state index contributed by atoms with van der Waals surface area (Å²) in [6, 6.07) is 29.3. The molecule has 4 aromatic carbocycles. The molecule has 32 heavy (non-hydrogen) atoms. The first-order valence-electron chi connectivity index (χ1n) is 8.77. The summed E-state index contributed by atoms with van der Waals surface area (Å²) in [6.07, 6.45) is 0. The normalized spacial score (nSPS) is 8.47. The largest absolute Gasteiger partial charge is 0.168 e. The smallest absolute Gasteiger partial charge is 0.0370 e. The van der Waals surface area contributed by atoms with Crippen molar-refractivity contribution in [2.45, 2.75) is 25.7 Å². The fraction of sp³-hybridized carbons (Fsp3) is 0.154. The van der Waals surface area contributed by atoms with Gasteiger partial charge in [-0.1, -0.05) is 61.4 Å². The molecule has 178 valence electrons. The van der Waals surface area contributed by atoms with Gasteiger partial charge in [-0.05, 0) is 5.39 Å². The average molecular weight is 682 g/mol. The standard InChI is InChI=1S/C13H9.C9H15Si.4CH3.2ClH.Hf.2Si/c1-2-6-12-10(4-1)8-9-11-5-3-7-13(11)12;1-10(2,3)8-9-6-4-5-7-9;;;;;;;;;/h1-9H;4-7H,8H2,1-3H3;4*1H3;2*1H;;;/q6*-1;;;;;/p-2. The Bertz CT molecular complexity index is 981. The van der Waals surface area contributed by atoms with E-state index in [4.69, 9.17) is 0 Å². The zero-order valence-corrected chi connectivity index (χ0v) is 28.6. The van der Waals surface area contributed by atoms with Gasteiger partial charge in [-0.3, -0.25) is 0 Å². The van der Waals surface area contributed by atoms with Crippen LogP contribution in [0, 0.1) is 29.7 Å². The summed E-state index contributed by atoms with van der Waals surface area (Å²) in [5.41, 5.74) is 1.51. The van der Waals surface area contributed by atoms with Gasteiger partial charge in [0.15, 0.2) is 0 Å². The van der Waals surface area contributed by atoms with Crippen molar-refractivity contribution in [1.82, 2.24) is 0 Å². The molecule has 0 nitrogen and oxygen atoms in total. The molecule has 4 aromatic rings. The number of benzene rings is 2. The topological polar surface area (TPSA) is 0 Å². The Balaban J connectivity index is -0.000000118. The van der Waals surface area contributed by atoms with Crippen LogP contribution in [-0.2, 0) is 26.2 Å². The molecule has 0 unspecified atom stereocenters. The van der Waals surface area contributed by atoms with Gasteiger partial charge in [0.25, 0.3) is 0 Å². The van der Waals surface area contributed by atoms with Gasteiger partial charge in [0.1, 0.15) is 0 Å². The molecule has 0 aliphatic heterocycles. The molecule has 0 aromatic heterocycles. The summed E-state index contributed by atoms with van der Waals surface area (Å²) in [7, 11) is -0.862. The monoisotopic (exact) mass is 682 g/mol. The van der Waals surface area contributed by atoms with E-state index < -0.39 is 8.07 Å². The van der Waals surface area contributed by atoms with Gasteiger partial charge >= 0.3 is 34.0 Å². The fourth-order valence-electron chi connectivity index (χ4n) is 3.04. The Labute approximate surface area is 226 Å². The van der Waals surface area contributed by atoms with E-state index in [-0.39, 0.29) is 74.7 Å². The average Bonchev–Trinajstić information content (AvgIpc) is 3.26. The van der Waals surface area contributed by atoms with E-state index >= 15 is 0 Å². The Morgan fingerprint density at radius 2 is 1.38 bits per heavy atom. The van der Waals surface area contributed by atoms with Crippen LogP contribution in [0.1, 0.15) is 5.56 Å². The van der Waals surface area contributed by atoms with Crippen LogP contribution in [0.25, 0.3) is 21.5 Å². The SMILES string of the molecule is C[Si](C)(C)Cc1cc[cH-]c1.[CH3-].[CH3-].[CH3-].[CH3-].[Cl-].[Cl-].[Si]=[Hf]=[Si].c1ccc2c(c1)ccc1[cH-]ccc12. The second-order valence-electron chi connectivity index (χ2n) is 7.47. The van der Waals surface area contributed by atoms with Gasteiger partial charge < -0.3 is 54.5 Å². The first-order chi connectivity index (χ1) is 12.4.